The van der Waals surface area contributed by atoms with Crippen LogP contribution in [0.15, 0.2) is 36.5 Å². The standard InChI is InChI=1S/C16H12ClF2N3O/c1-2-12-15(22-8-9(17)3-6-14(22)20-12)16(23)21-13-5-4-10(18)7-11(13)19/h3-8H,2H2,1H3,(H,21,23). The van der Waals surface area contributed by atoms with Crippen LogP contribution in [0, 0.1) is 11.6 Å². The largest absolute Gasteiger partial charge is 0.318 e. The first-order chi connectivity index (χ1) is 11.0. The number of hydrogen-bond acceptors (Lipinski definition) is 2. The molecule has 0 fully saturated rings. The third-order valence-electron chi connectivity index (χ3n) is 3.38. The van der Waals surface area contributed by atoms with Crippen molar-refractivity contribution in [3.63, 3.8) is 0 Å². The maximum absolute atomic E-state index is 13.7. The lowest BCUT2D eigenvalue weighted by atomic mass is 10.2. The number of halogens is 3. The lowest BCUT2D eigenvalue weighted by Gasteiger charge is -2.08. The van der Waals surface area contributed by atoms with Crippen molar-refractivity contribution >= 4 is 28.8 Å². The topological polar surface area (TPSA) is 46.4 Å². The van der Waals surface area contributed by atoms with Crippen molar-refractivity contribution in [2.24, 2.45) is 0 Å². The van der Waals surface area contributed by atoms with Gasteiger partial charge in [-0.25, -0.2) is 13.8 Å². The first kappa shape index (κ1) is 15.4. The summed E-state index contributed by atoms with van der Waals surface area (Å²) in [4.78, 5) is 16.9. The Kier molecular flexibility index (Phi) is 4.00. The minimum absolute atomic E-state index is 0.101. The van der Waals surface area contributed by atoms with E-state index in [2.05, 4.69) is 10.3 Å². The van der Waals surface area contributed by atoms with E-state index in [4.69, 9.17) is 11.6 Å². The number of benzene rings is 1. The normalized spacial score (nSPS) is 11.0. The lowest BCUT2D eigenvalue weighted by molar-refractivity contribution is 0.102. The van der Waals surface area contributed by atoms with Gasteiger partial charge in [-0.2, -0.15) is 0 Å². The lowest BCUT2D eigenvalue weighted by Crippen LogP contribution is -2.17. The average Bonchev–Trinajstić information content (AvgIpc) is 2.87. The van der Waals surface area contributed by atoms with Crippen molar-refractivity contribution in [2.75, 3.05) is 5.32 Å². The Morgan fingerprint density at radius 3 is 2.78 bits per heavy atom. The number of carbonyl (C=O) groups is 1. The number of aryl methyl sites for hydroxylation is 1. The molecule has 23 heavy (non-hydrogen) atoms. The minimum Gasteiger partial charge on any atom is -0.318 e. The first-order valence-electron chi connectivity index (χ1n) is 6.92. The molecule has 0 bridgehead atoms. The zero-order valence-corrected chi connectivity index (χ0v) is 12.9. The van der Waals surface area contributed by atoms with Gasteiger partial charge >= 0.3 is 0 Å². The van der Waals surface area contributed by atoms with E-state index in [1.165, 1.54) is 6.07 Å². The van der Waals surface area contributed by atoms with Gasteiger partial charge in [-0.1, -0.05) is 18.5 Å². The van der Waals surface area contributed by atoms with Gasteiger partial charge in [-0.3, -0.25) is 9.20 Å². The molecule has 7 heteroatoms. The van der Waals surface area contributed by atoms with Crippen LogP contribution in [0.1, 0.15) is 23.1 Å². The first-order valence-corrected chi connectivity index (χ1v) is 7.30. The van der Waals surface area contributed by atoms with Crippen LogP contribution in [0.2, 0.25) is 5.02 Å². The Bertz CT molecular complexity index is 908. The molecule has 0 spiro atoms. The van der Waals surface area contributed by atoms with Gasteiger partial charge in [0.2, 0.25) is 0 Å². The smallest absolute Gasteiger partial charge is 0.274 e. The van der Waals surface area contributed by atoms with Crippen molar-refractivity contribution < 1.29 is 13.6 Å². The van der Waals surface area contributed by atoms with Gasteiger partial charge < -0.3 is 5.32 Å². The Labute approximate surface area is 135 Å². The van der Waals surface area contributed by atoms with Gasteiger partial charge in [0.25, 0.3) is 5.91 Å². The summed E-state index contributed by atoms with van der Waals surface area (Å²) in [6.45, 7) is 1.86. The number of aromatic nitrogens is 2. The maximum atomic E-state index is 13.7. The molecule has 2 aromatic heterocycles. The maximum Gasteiger partial charge on any atom is 0.274 e. The summed E-state index contributed by atoms with van der Waals surface area (Å²) < 4.78 is 28.2. The molecule has 1 amide bonds. The number of hydrogen-bond donors (Lipinski definition) is 1. The number of fused-ring (bicyclic) bond motifs is 1. The van der Waals surface area contributed by atoms with Gasteiger partial charge in [0.15, 0.2) is 0 Å². The molecule has 0 saturated heterocycles. The SMILES string of the molecule is CCc1nc2ccc(Cl)cn2c1C(=O)Nc1ccc(F)cc1F. The highest BCUT2D eigenvalue weighted by molar-refractivity contribution is 6.30. The molecule has 0 saturated carbocycles. The summed E-state index contributed by atoms with van der Waals surface area (Å²) in [5.41, 5.74) is 1.30. The highest BCUT2D eigenvalue weighted by Gasteiger charge is 2.19. The molecule has 3 rings (SSSR count). The molecule has 0 atom stereocenters. The van der Waals surface area contributed by atoms with E-state index in [0.29, 0.717) is 28.9 Å². The predicted molar refractivity (Wildman–Crippen MR) is 83.9 cm³/mol. The zero-order valence-electron chi connectivity index (χ0n) is 12.1. The van der Waals surface area contributed by atoms with Crippen molar-refractivity contribution in [3.05, 3.63) is 64.6 Å². The Balaban J connectivity index is 2.04. The third kappa shape index (κ3) is 2.90. The molecule has 2 heterocycles. The Morgan fingerprint density at radius 1 is 1.30 bits per heavy atom. The van der Waals surface area contributed by atoms with E-state index in [1.807, 2.05) is 6.92 Å². The molecular formula is C16H12ClF2N3O. The number of anilines is 1. The van der Waals surface area contributed by atoms with E-state index in [1.54, 1.807) is 22.7 Å². The molecule has 0 unspecified atom stereocenters. The van der Waals surface area contributed by atoms with Crippen molar-refractivity contribution in [3.8, 4) is 0 Å². The number of nitrogens with one attached hydrogen (secondary N) is 1. The van der Waals surface area contributed by atoms with Crippen LogP contribution < -0.4 is 5.32 Å². The predicted octanol–water partition coefficient (Wildman–Crippen LogP) is 4.08. The van der Waals surface area contributed by atoms with Crippen LogP contribution in [-0.2, 0) is 6.42 Å². The molecule has 1 N–H and O–H groups in total. The second kappa shape index (κ2) is 5.96. The number of imidazole rings is 1. The molecule has 118 valence electrons. The number of nitrogens with zero attached hydrogens (tertiary/aromatic N) is 2. The van der Waals surface area contributed by atoms with Crippen molar-refractivity contribution in [1.29, 1.82) is 0 Å². The Hall–Kier alpha value is -2.47. The molecule has 4 nitrogen and oxygen atoms in total. The quantitative estimate of drug-likeness (QED) is 0.784. The summed E-state index contributed by atoms with van der Waals surface area (Å²) in [7, 11) is 0. The molecule has 0 aliphatic carbocycles. The van der Waals surface area contributed by atoms with Crippen molar-refractivity contribution in [1.82, 2.24) is 9.38 Å². The van der Waals surface area contributed by atoms with Crippen LogP contribution >= 0.6 is 11.6 Å². The molecule has 1 aromatic carbocycles. The summed E-state index contributed by atoms with van der Waals surface area (Å²) in [5.74, 6) is -2.10. The van der Waals surface area contributed by atoms with Gasteiger partial charge in [0.1, 0.15) is 23.0 Å². The van der Waals surface area contributed by atoms with Gasteiger partial charge in [-0.05, 0) is 30.7 Å². The van der Waals surface area contributed by atoms with Crippen LogP contribution in [0.25, 0.3) is 5.65 Å². The van der Waals surface area contributed by atoms with E-state index in [0.717, 1.165) is 6.07 Å². The van der Waals surface area contributed by atoms with E-state index in [9.17, 15) is 13.6 Å². The summed E-state index contributed by atoms with van der Waals surface area (Å²) >= 11 is 5.97. The van der Waals surface area contributed by atoms with Crippen LogP contribution in [-0.4, -0.2) is 15.3 Å². The summed E-state index contributed by atoms with van der Waals surface area (Å²) in [6, 6.07) is 6.32. The second-order valence-corrected chi connectivity index (χ2v) is 5.35. The minimum atomic E-state index is -0.844. The molecule has 3 aromatic rings. The van der Waals surface area contributed by atoms with Gasteiger partial charge in [-0.15, -0.1) is 0 Å². The van der Waals surface area contributed by atoms with Crippen LogP contribution in [0.3, 0.4) is 0 Å². The zero-order chi connectivity index (χ0) is 16.6. The van der Waals surface area contributed by atoms with E-state index in [-0.39, 0.29) is 11.4 Å². The fourth-order valence-corrected chi connectivity index (χ4v) is 2.49. The average molecular weight is 336 g/mol. The Morgan fingerprint density at radius 2 is 2.09 bits per heavy atom. The molecule has 0 aliphatic heterocycles. The molecule has 0 aliphatic rings. The molecular weight excluding hydrogens is 324 g/mol. The van der Waals surface area contributed by atoms with E-state index < -0.39 is 17.5 Å². The van der Waals surface area contributed by atoms with E-state index >= 15 is 0 Å². The summed E-state index contributed by atoms with van der Waals surface area (Å²) in [6.07, 6.45) is 2.09. The fourth-order valence-electron chi connectivity index (χ4n) is 2.33. The monoisotopic (exact) mass is 335 g/mol. The van der Waals surface area contributed by atoms with Crippen LogP contribution in [0.4, 0.5) is 14.5 Å². The highest BCUT2D eigenvalue weighted by atomic mass is 35.5. The highest BCUT2D eigenvalue weighted by Crippen LogP contribution is 2.20. The number of rotatable bonds is 3. The van der Waals surface area contributed by atoms with Gasteiger partial charge in [0, 0.05) is 12.3 Å². The molecule has 0 radical (unpaired) electrons. The number of carbonyl (C=O) groups excluding carboxylic acids is 1. The fraction of sp³-hybridized carbons (Fsp3) is 0.125. The number of amides is 1. The van der Waals surface area contributed by atoms with Gasteiger partial charge in [0.05, 0.1) is 16.4 Å². The second-order valence-electron chi connectivity index (χ2n) is 4.91. The van der Waals surface area contributed by atoms with Crippen molar-refractivity contribution in [2.45, 2.75) is 13.3 Å². The number of pyridine rings is 1. The summed E-state index contributed by atoms with van der Waals surface area (Å²) in [5, 5.41) is 2.89. The van der Waals surface area contributed by atoms with Crippen LogP contribution in [0.5, 0.6) is 0 Å². The third-order valence-corrected chi connectivity index (χ3v) is 3.61.